The molecule has 1 heteroatoms. The molecule has 0 amide bonds. The minimum atomic E-state index is 0.580. The summed E-state index contributed by atoms with van der Waals surface area (Å²) in [5.41, 5.74) is 2.20. The van der Waals surface area contributed by atoms with E-state index in [1.54, 1.807) is 5.56 Å². The van der Waals surface area contributed by atoms with Gasteiger partial charge in [-0.05, 0) is 74.4 Å². The van der Waals surface area contributed by atoms with Gasteiger partial charge < -0.3 is 4.90 Å². The first kappa shape index (κ1) is 18.5. The van der Waals surface area contributed by atoms with E-state index in [-0.39, 0.29) is 0 Å². The topological polar surface area (TPSA) is 3.24 Å². The highest BCUT2D eigenvalue weighted by molar-refractivity contribution is 5.25. The normalized spacial score (nSPS) is 31.4. The molecule has 1 aromatic carbocycles. The zero-order valence-electron chi connectivity index (χ0n) is 17.0. The first-order valence-corrected chi connectivity index (χ1v) is 11.6. The molecular weight excluding hydrogens is 314 g/mol. The van der Waals surface area contributed by atoms with Crippen LogP contribution in [0.4, 0.5) is 0 Å². The van der Waals surface area contributed by atoms with Crippen molar-refractivity contribution in [1.29, 1.82) is 0 Å². The van der Waals surface area contributed by atoms with Crippen LogP contribution >= 0.6 is 0 Å². The Morgan fingerprint density at radius 3 is 2.04 bits per heavy atom. The molecule has 144 valence electrons. The van der Waals surface area contributed by atoms with Crippen LogP contribution in [0.5, 0.6) is 0 Å². The molecule has 1 aromatic rings. The maximum Gasteiger partial charge on any atom is 0.00952 e. The Morgan fingerprint density at radius 2 is 1.38 bits per heavy atom. The molecule has 2 aliphatic carbocycles. The second kappa shape index (κ2) is 8.46. The van der Waals surface area contributed by atoms with Crippen LogP contribution in [0.25, 0.3) is 0 Å². The molecule has 0 bridgehead atoms. The largest absolute Gasteiger partial charge is 0.300 e. The highest BCUT2D eigenvalue weighted by Gasteiger charge is 2.50. The molecular formula is C25H39N. The lowest BCUT2D eigenvalue weighted by atomic mass is 9.64. The van der Waals surface area contributed by atoms with Crippen molar-refractivity contribution < 1.29 is 0 Å². The number of likely N-dealkylation sites (tertiary alicyclic amines) is 1. The SMILES string of the molecule is CC1CCC(c2ccccc2)C12CCN(C1CCCCCCCC1)CC2. The third-order valence-electron chi connectivity index (χ3n) is 8.34. The maximum absolute atomic E-state index is 2.91. The monoisotopic (exact) mass is 353 g/mol. The Kier molecular flexibility index (Phi) is 6.03. The summed E-state index contributed by atoms with van der Waals surface area (Å²) >= 11 is 0. The number of piperidine rings is 1. The molecule has 1 heterocycles. The van der Waals surface area contributed by atoms with Gasteiger partial charge in [-0.25, -0.2) is 0 Å². The lowest BCUT2D eigenvalue weighted by Crippen LogP contribution is -2.47. The zero-order valence-corrected chi connectivity index (χ0v) is 17.0. The zero-order chi connectivity index (χ0) is 17.8. The van der Waals surface area contributed by atoms with Crippen LogP contribution in [0, 0.1) is 11.3 Å². The lowest BCUT2D eigenvalue weighted by Gasteiger charge is -2.48. The van der Waals surface area contributed by atoms with Crippen molar-refractivity contribution in [2.24, 2.45) is 11.3 Å². The highest BCUT2D eigenvalue weighted by Crippen LogP contribution is 2.58. The minimum absolute atomic E-state index is 0.580. The summed E-state index contributed by atoms with van der Waals surface area (Å²) in [6.45, 7) is 5.27. The second-order valence-electron chi connectivity index (χ2n) is 9.56. The summed E-state index contributed by atoms with van der Waals surface area (Å²) in [6.07, 6.45) is 17.5. The molecule has 2 atom stereocenters. The Morgan fingerprint density at radius 1 is 0.769 bits per heavy atom. The fourth-order valence-corrected chi connectivity index (χ4v) is 6.64. The Hall–Kier alpha value is -0.820. The Bertz CT molecular complexity index is 533. The van der Waals surface area contributed by atoms with Crippen LogP contribution in [-0.2, 0) is 0 Å². The number of rotatable bonds is 2. The van der Waals surface area contributed by atoms with E-state index in [0.717, 1.165) is 17.9 Å². The van der Waals surface area contributed by atoms with E-state index in [9.17, 15) is 0 Å². The minimum Gasteiger partial charge on any atom is -0.300 e. The fraction of sp³-hybridized carbons (Fsp3) is 0.760. The van der Waals surface area contributed by atoms with E-state index >= 15 is 0 Å². The number of benzene rings is 1. The molecule has 2 unspecified atom stereocenters. The summed E-state index contributed by atoms with van der Waals surface area (Å²) < 4.78 is 0. The van der Waals surface area contributed by atoms with Crippen LogP contribution in [0.1, 0.15) is 95.5 Å². The number of hydrogen-bond acceptors (Lipinski definition) is 1. The van der Waals surface area contributed by atoms with Gasteiger partial charge in [0.2, 0.25) is 0 Å². The van der Waals surface area contributed by atoms with Crippen LogP contribution < -0.4 is 0 Å². The van der Waals surface area contributed by atoms with Crippen molar-refractivity contribution >= 4 is 0 Å². The summed E-state index contributed by atoms with van der Waals surface area (Å²) in [5.74, 6) is 1.71. The molecule has 0 aromatic heterocycles. The van der Waals surface area contributed by atoms with Crippen molar-refractivity contribution in [3.8, 4) is 0 Å². The summed E-state index contributed by atoms with van der Waals surface area (Å²) in [7, 11) is 0. The lowest BCUT2D eigenvalue weighted by molar-refractivity contribution is 0.0330. The molecule has 1 aliphatic heterocycles. The quantitative estimate of drug-likeness (QED) is 0.566. The molecule has 4 rings (SSSR count). The van der Waals surface area contributed by atoms with Gasteiger partial charge in [-0.15, -0.1) is 0 Å². The molecule has 26 heavy (non-hydrogen) atoms. The van der Waals surface area contributed by atoms with Crippen LogP contribution in [0.2, 0.25) is 0 Å². The van der Waals surface area contributed by atoms with Crippen molar-refractivity contribution in [2.75, 3.05) is 13.1 Å². The van der Waals surface area contributed by atoms with E-state index in [1.807, 2.05) is 0 Å². The molecule has 2 saturated carbocycles. The predicted octanol–water partition coefficient (Wildman–Crippen LogP) is 6.79. The number of nitrogens with zero attached hydrogens (tertiary/aromatic N) is 1. The predicted molar refractivity (Wildman–Crippen MR) is 112 cm³/mol. The molecule has 3 aliphatic rings. The van der Waals surface area contributed by atoms with E-state index in [4.69, 9.17) is 0 Å². The summed E-state index contributed by atoms with van der Waals surface area (Å²) in [5, 5.41) is 0. The van der Waals surface area contributed by atoms with E-state index in [1.165, 1.54) is 90.1 Å². The van der Waals surface area contributed by atoms with Crippen molar-refractivity contribution in [1.82, 2.24) is 4.90 Å². The van der Waals surface area contributed by atoms with Gasteiger partial charge in [0, 0.05) is 6.04 Å². The fourth-order valence-electron chi connectivity index (χ4n) is 6.64. The highest BCUT2D eigenvalue weighted by atomic mass is 15.2. The van der Waals surface area contributed by atoms with Crippen LogP contribution in [-0.4, -0.2) is 24.0 Å². The van der Waals surface area contributed by atoms with E-state index < -0.39 is 0 Å². The van der Waals surface area contributed by atoms with Gasteiger partial charge in [-0.1, -0.05) is 75.8 Å². The average Bonchev–Trinajstić information content (AvgIpc) is 3.06. The molecule has 0 N–H and O–H groups in total. The van der Waals surface area contributed by atoms with Crippen LogP contribution in [0.15, 0.2) is 30.3 Å². The van der Waals surface area contributed by atoms with Gasteiger partial charge in [0.1, 0.15) is 0 Å². The average molecular weight is 354 g/mol. The summed E-state index contributed by atoms with van der Waals surface area (Å²) in [6, 6.07) is 12.4. The van der Waals surface area contributed by atoms with Crippen molar-refractivity contribution in [3.05, 3.63) is 35.9 Å². The first-order valence-electron chi connectivity index (χ1n) is 11.6. The first-order chi connectivity index (χ1) is 12.8. The van der Waals surface area contributed by atoms with Crippen molar-refractivity contribution in [2.45, 2.75) is 95.9 Å². The third-order valence-corrected chi connectivity index (χ3v) is 8.34. The van der Waals surface area contributed by atoms with Gasteiger partial charge >= 0.3 is 0 Å². The van der Waals surface area contributed by atoms with Crippen molar-refractivity contribution in [3.63, 3.8) is 0 Å². The molecule has 3 fully saturated rings. The Labute approximate surface area is 161 Å². The van der Waals surface area contributed by atoms with Gasteiger partial charge in [0.25, 0.3) is 0 Å². The second-order valence-corrected chi connectivity index (χ2v) is 9.56. The molecule has 1 nitrogen and oxygen atoms in total. The maximum atomic E-state index is 2.91. The summed E-state index contributed by atoms with van der Waals surface area (Å²) in [4.78, 5) is 2.91. The van der Waals surface area contributed by atoms with Crippen LogP contribution in [0.3, 0.4) is 0 Å². The van der Waals surface area contributed by atoms with E-state index in [2.05, 4.69) is 42.2 Å². The van der Waals surface area contributed by atoms with E-state index in [0.29, 0.717) is 5.41 Å². The number of hydrogen-bond donors (Lipinski definition) is 0. The van der Waals surface area contributed by atoms with Gasteiger partial charge in [0.15, 0.2) is 0 Å². The molecule has 1 saturated heterocycles. The van der Waals surface area contributed by atoms with Gasteiger partial charge in [-0.3, -0.25) is 0 Å². The third kappa shape index (κ3) is 3.75. The van der Waals surface area contributed by atoms with Gasteiger partial charge in [0.05, 0.1) is 0 Å². The molecule has 1 spiro atoms. The molecule has 0 radical (unpaired) electrons. The Balaban J connectivity index is 1.43. The smallest absolute Gasteiger partial charge is 0.00952 e. The standard InChI is InChI=1S/C25H39N/c1-21-15-16-24(22-11-7-6-8-12-22)25(21)17-19-26(20-18-25)23-13-9-4-2-3-5-10-14-23/h6-8,11-12,21,23-24H,2-5,9-10,13-20H2,1H3. The van der Waals surface area contributed by atoms with Gasteiger partial charge in [-0.2, -0.15) is 0 Å².